The lowest BCUT2D eigenvalue weighted by Gasteiger charge is -1.79. The molecule has 0 bridgehead atoms. The minimum absolute atomic E-state index is 0.194. The Morgan fingerprint density at radius 1 is 0.933 bits per heavy atom. The minimum Gasteiger partial charge on any atom is -0.481 e. The zero-order valence-electron chi connectivity index (χ0n) is 9.00. The fourth-order valence-electron chi connectivity index (χ4n) is 0.428. The van der Waals surface area contributed by atoms with Crippen LogP contribution in [0.15, 0.2) is 0 Å². The number of hydrogen-bond donors (Lipinski definition) is 2. The number of carbonyl (C=O) groups is 2. The predicted molar refractivity (Wildman–Crippen MR) is 61.7 cm³/mol. The highest BCUT2D eigenvalue weighted by Crippen LogP contribution is 1.82. The van der Waals surface area contributed by atoms with Crippen LogP contribution in [0.5, 0.6) is 0 Å². The summed E-state index contributed by atoms with van der Waals surface area (Å²) >= 11 is 9.53. The monoisotopic (exact) mass is 260 g/mol. The van der Waals surface area contributed by atoms with Gasteiger partial charge in [0.05, 0.1) is 5.34 Å². The lowest BCUT2D eigenvalue weighted by molar-refractivity contribution is -0.138. The molecule has 92 valence electrons. The average molecular weight is 261 g/mol. The van der Waals surface area contributed by atoms with Crippen LogP contribution in [-0.4, -0.2) is 27.5 Å². The lowest BCUT2D eigenvalue weighted by atomic mass is 10.4. The molecule has 6 heteroatoms. The van der Waals surface area contributed by atoms with Crippen LogP contribution in [0.2, 0.25) is 0 Å². The van der Waals surface area contributed by atoms with Gasteiger partial charge in [0, 0.05) is 12.8 Å². The number of carboxylic acids is 2. The van der Waals surface area contributed by atoms with Gasteiger partial charge in [-0.3, -0.25) is 9.59 Å². The van der Waals surface area contributed by atoms with Gasteiger partial charge in [-0.25, -0.2) is 0 Å². The molecule has 0 amide bonds. The van der Waals surface area contributed by atoms with Gasteiger partial charge < -0.3 is 10.2 Å². The number of aliphatic carboxylic acids is 2. The Morgan fingerprint density at radius 3 is 1.13 bits per heavy atom. The molecular weight excluding hydrogens is 243 g/mol. The first-order valence-corrected chi connectivity index (χ1v) is 5.58. The highest BCUT2D eigenvalue weighted by Gasteiger charge is 1.88. The van der Waals surface area contributed by atoms with E-state index in [0.717, 1.165) is 12.8 Å². The van der Waals surface area contributed by atoms with Gasteiger partial charge in [0.2, 0.25) is 0 Å². The predicted octanol–water partition coefficient (Wildman–Crippen LogP) is 3.16. The molecule has 0 radical (unpaired) electrons. The lowest BCUT2D eigenvalue weighted by Crippen LogP contribution is -1.90. The Bertz CT molecular complexity index is 135. The molecule has 0 aliphatic rings. The van der Waals surface area contributed by atoms with E-state index in [9.17, 15) is 9.59 Å². The first kappa shape index (κ1) is 20.0. The van der Waals surface area contributed by atoms with Crippen molar-refractivity contribution < 1.29 is 19.8 Å². The third-order valence-corrected chi connectivity index (χ3v) is 0.928. The first-order valence-electron chi connectivity index (χ1n) is 4.51. The van der Waals surface area contributed by atoms with Gasteiger partial charge >= 0.3 is 11.9 Å². The molecule has 0 atom stereocenters. The Labute approximate surface area is 100 Å². The van der Waals surface area contributed by atoms with Gasteiger partial charge in [0.15, 0.2) is 0 Å². The molecule has 0 aromatic rings. The maximum Gasteiger partial charge on any atom is 0.303 e. The molecule has 15 heavy (non-hydrogen) atoms. The van der Waals surface area contributed by atoms with E-state index in [0.29, 0.717) is 12.8 Å². The summed E-state index contributed by atoms with van der Waals surface area (Å²) in [6, 6.07) is 0. The van der Waals surface area contributed by atoms with E-state index >= 15 is 0 Å². The van der Waals surface area contributed by atoms with Crippen LogP contribution in [0, 0.1) is 0 Å². The molecule has 0 aromatic carbocycles. The second-order valence-electron chi connectivity index (χ2n) is 2.39. The molecule has 0 unspecified atom stereocenters. The molecule has 0 rings (SSSR count). The van der Waals surface area contributed by atoms with Crippen molar-refractivity contribution in [3.63, 3.8) is 0 Å². The number of hydrogen-bond acceptors (Lipinski definition) is 2. The summed E-state index contributed by atoms with van der Waals surface area (Å²) in [6.07, 6.45) is 2.05. The van der Waals surface area contributed by atoms with Gasteiger partial charge in [-0.2, -0.15) is 0 Å². The largest absolute Gasteiger partial charge is 0.481 e. The third kappa shape index (κ3) is 58.9. The fraction of sp³-hybridized carbons (Fsp3) is 0.778. The van der Waals surface area contributed by atoms with Crippen molar-refractivity contribution in [1.29, 1.82) is 0 Å². The van der Waals surface area contributed by atoms with Crippen LogP contribution in [0.25, 0.3) is 0 Å². The van der Waals surface area contributed by atoms with Crippen molar-refractivity contribution in [3.05, 3.63) is 0 Å². The van der Waals surface area contributed by atoms with Crippen LogP contribution >= 0.6 is 23.2 Å². The number of alkyl halides is 2. The second-order valence-corrected chi connectivity index (χ2v) is 3.20. The van der Waals surface area contributed by atoms with Gasteiger partial charge in [0.25, 0.3) is 0 Å². The average Bonchev–Trinajstić information content (AvgIpc) is 2.05. The highest BCUT2D eigenvalue weighted by molar-refractivity contribution is 6.40. The van der Waals surface area contributed by atoms with Crippen LogP contribution in [0.3, 0.4) is 0 Å². The normalized spacial score (nSPS) is 7.73. The molecule has 0 spiro atoms. The molecular formula is C9H18Cl2O4. The van der Waals surface area contributed by atoms with Gasteiger partial charge in [-0.05, 0) is 12.8 Å². The highest BCUT2D eigenvalue weighted by atomic mass is 35.5. The molecule has 0 fully saturated rings. The number of halogens is 2. The quantitative estimate of drug-likeness (QED) is 0.762. The van der Waals surface area contributed by atoms with Crippen LogP contribution in [-0.2, 0) is 9.59 Å². The van der Waals surface area contributed by atoms with Crippen LogP contribution < -0.4 is 0 Å². The zero-order chi connectivity index (χ0) is 12.7. The summed E-state index contributed by atoms with van der Waals surface area (Å²) < 4.78 is 0. The molecule has 4 nitrogen and oxygen atoms in total. The summed E-state index contributed by atoms with van der Waals surface area (Å²) in [5, 5.41) is 16.0. The Kier molecular flexibility index (Phi) is 25.5. The van der Waals surface area contributed by atoms with Crippen molar-refractivity contribution in [2.24, 2.45) is 0 Å². The van der Waals surface area contributed by atoms with Gasteiger partial charge in [-0.1, -0.05) is 13.8 Å². The summed E-state index contributed by atoms with van der Waals surface area (Å²) in [5.74, 6) is -1.42. The summed E-state index contributed by atoms with van der Waals surface area (Å²) in [6.45, 7) is 3.68. The van der Waals surface area contributed by atoms with Crippen molar-refractivity contribution in [2.45, 2.75) is 39.5 Å². The van der Waals surface area contributed by atoms with Gasteiger partial charge in [0.1, 0.15) is 0 Å². The van der Waals surface area contributed by atoms with E-state index in [-0.39, 0.29) is 5.34 Å². The molecule has 2 N–H and O–H groups in total. The molecule has 0 aliphatic heterocycles. The first-order chi connectivity index (χ1) is 6.95. The van der Waals surface area contributed by atoms with E-state index in [2.05, 4.69) is 0 Å². The topological polar surface area (TPSA) is 74.6 Å². The number of rotatable bonds is 4. The third-order valence-electron chi connectivity index (χ3n) is 0.928. The molecule has 0 aromatic heterocycles. The molecule has 0 saturated heterocycles. The van der Waals surface area contributed by atoms with E-state index in [1.165, 1.54) is 0 Å². The van der Waals surface area contributed by atoms with E-state index in [1.54, 1.807) is 0 Å². The Balaban J connectivity index is -0.000000153. The summed E-state index contributed by atoms with van der Waals surface area (Å²) in [7, 11) is 0. The van der Waals surface area contributed by atoms with Crippen molar-refractivity contribution >= 4 is 35.1 Å². The smallest absolute Gasteiger partial charge is 0.303 e. The maximum absolute atomic E-state index is 9.60. The van der Waals surface area contributed by atoms with E-state index in [1.807, 2.05) is 13.8 Å². The Morgan fingerprint density at radius 2 is 1.13 bits per heavy atom. The fourth-order valence-corrected chi connectivity index (χ4v) is 0.428. The van der Waals surface area contributed by atoms with Crippen LogP contribution in [0.4, 0.5) is 0 Å². The number of carboxylic acid groups (broad SMARTS) is 2. The standard InChI is InChI=1S/2C4H8O2.CH2Cl2/c2*1-2-3-4(5)6;2-1-3/h2*2-3H2,1H3,(H,5,6);1H2. The molecule has 0 aliphatic carbocycles. The molecule has 0 saturated carbocycles. The van der Waals surface area contributed by atoms with Crippen molar-refractivity contribution in [2.75, 3.05) is 5.34 Å². The Hall–Kier alpha value is -0.480. The van der Waals surface area contributed by atoms with E-state index in [4.69, 9.17) is 33.4 Å². The van der Waals surface area contributed by atoms with Crippen molar-refractivity contribution in [3.8, 4) is 0 Å². The summed E-state index contributed by atoms with van der Waals surface area (Å²) in [5.41, 5.74) is 0. The molecule has 0 heterocycles. The summed E-state index contributed by atoms with van der Waals surface area (Å²) in [4.78, 5) is 19.2. The van der Waals surface area contributed by atoms with Crippen molar-refractivity contribution in [1.82, 2.24) is 0 Å². The maximum atomic E-state index is 9.60. The zero-order valence-corrected chi connectivity index (χ0v) is 10.5. The SMILES string of the molecule is CCCC(=O)O.CCCC(=O)O.ClCCl. The van der Waals surface area contributed by atoms with Gasteiger partial charge in [-0.15, -0.1) is 23.2 Å². The van der Waals surface area contributed by atoms with E-state index < -0.39 is 11.9 Å². The minimum atomic E-state index is -0.711. The second kappa shape index (κ2) is 19.1. The van der Waals surface area contributed by atoms with Crippen LogP contribution in [0.1, 0.15) is 39.5 Å².